The van der Waals surface area contributed by atoms with Crippen molar-refractivity contribution in [3.63, 3.8) is 0 Å². The van der Waals surface area contributed by atoms with Crippen molar-refractivity contribution in [1.29, 1.82) is 0 Å². The SMILES string of the molecule is CC(NC1CC1)C(C)c1ccc(Cl)cc1F. The number of hydrogen-bond donors (Lipinski definition) is 1. The van der Waals surface area contributed by atoms with Gasteiger partial charge in [-0.05, 0) is 43.4 Å². The first-order valence-corrected chi connectivity index (χ1v) is 6.16. The largest absolute Gasteiger partial charge is 0.311 e. The van der Waals surface area contributed by atoms with Gasteiger partial charge in [0.1, 0.15) is 5.82 Å². The summed E-state index contributed by atoms with van der Waals surface area (Å²) in [6.45, 7) is 4.16. The average molecular weight is 242 g/mol. The van der Waals surface area contributed by atoms with Crippen LogP contribution in [0.4, 0.5) is 4.39 Å². The van der Waals surface area contributed by atoms with Crippen LogP contribution in [-0.4, -0.2) is 12.1 Å². The molecule has 1 saturated carbocycles. The second-order valence-corrected chi connectivity index (χ2v) is 5.12. The van der Waals surface area contributed by atoms with Gasteiger partial charge in [0.05, 0.1) is 0 Å². The van der Waals surface area contributed by atoms with Crippen LogP contribution >= 0.6 is 11.6 Å². The maximum absolute atomic E-state index is 13.7. The zero-order valence-electron chi connectivity index (χ0n) is 9.63. The Bertz CT molecular complexity index is 376. The third kappa shape index (κ3) is 2.74. The molecule has 2 atom stereocenters. The van der Waals surface area contributed by atoms with Gasteiger partial charge >= 0.3 is 0 Å². The molecule has 16 heavy (non-hydrogen) atoms. The molecule has 2 unspecified atom stereocenters. The third-order valence-electron chi connectivity index (χ3n) is 3.28. The summed E-state index contributed by atoms with van der Waals surface area (Å²) in [5.74, 6) is -0.0395. The third-order valence-corrected chi connectivity index (χ3v) is 3.51. The molecule has 0 aromatic heterocycles. The molecule has 1 N–H and O–H groups in total. The molecule has 88 valence electrons. The molecule has 3 heteroatoms. The van der Waals surface area contributed by atoms with Crippen molar-refractivity contribution in [2.24, 2.45) is 0 Å². The number of benzene rings is 1. The summed E-state index contributed by atoms with van der Waals surface area (Å²) in [4.78, 5) is 0. The van der Waals surface area contributed by atoms with Gasteiger partial charge in [-0.25, -0.2) is 4.39 Å². The van der Waals surface area contributed by atoms with Gasteiger partial charge in [-0.3, -0.25) is 0 Å². The lowest BCUT2D eigenvalue weighted by Gasteiger charge is -2.22. The molecule has 1 aromatic carbocycles. The maximum Gasteiger partial charge on any atom is 0.128 e. The van der Waals surface area contributed by atoms with Gasteiger partial charge in [-0.2, -0.15) is 0 Å². The summed E-state index contributed by atoms with van der Waals surface area (Å²) < 4.78 is 13.7. The Balaban J connectivity index is 2.08. The minimum atomic E-state index is -0.204. The Morgan fingerprint density at radius 3 is 2.62 bits per heavy atom. The fourth-order valence-electron chi connectivity index (χ4n) is 1.91. The lowest BCUT2D eigenvalue weighted by atomic mass is 9.94. The van der Waals surface area contributed by atoms with Crippen molar-refractivity contribution in [1.82, 2.24) is 5.32 Å². The van der Waals surface area contributed by atoms with Crippen LogP contribution in [0.1, 0.15) is 38.2 Å². The zero-order chi connectivity index (χ0) is 11.7. The number of halogens is 2. The van der Waals surface area contributed by atoms with Crippen LogP contribution in [0.3, 0.4) is 0 Å². The Morgan fingerprint density at radius 1 is 1.38 bits per heavy atom. The molecule has 0 saturated heterocycles. The lowest BCUT2D eigenvalue weighted by molar-refractivity contribution is 0.462. The zero-order valence-corrected chi connectivity index (χ0v) is 10.4. The highest BCUT2D eigenvalue weighted by molar-refractivity contribution is 6.30. The van der Waals surface area contributed by atoms with Gasteiger partial charge in [-0.1, -0.05) is 24.6 Å². The molecule has 0 amide bonds. The number of hydrogen-bond acceptors (Lipinski definition) is 1. The highest BCUT2D eigenvalue weighted by atomic mass is 35.5. The van der Waals surface area contributed by atoms with Gasteiger partial charge in [0.25, 0.3) is 0 Å². The topological polar surface area (TPSA) is 12.0 Å². The fraction of sp³-hybridized carbons (Fsp3) is 0.538. The molecule has 1 nitrogen and oxygen atoms in total. The molecule has 0 radical (unpaired) electrons. The summed E-state index contributed by atoms with van der Waals surface area (Å²) >= 11 is 5.74. The van der Waals surface area contributed by atoms with E-state index in [9.17, 15) is 4.39 Å². The Hall–Kier alpha value is -0.600. The van der Waals surface area contributed by atoms with E-state index < -0.39 is 0 Å². The van der Waals surface area contributed by atoms with Gasteiger partial charge in [0.2, 0.25) is 0 Å². The summed E-state index contributed by atoms with van der Waals surface area (Å²) in [7, 11) is 0. The van der Waals surface area contributed by atoms with E-state index in [1.807, 2.05) is 6.92 Å². The lowest BCUT2D eigenvalue weighted by Crippen LogP contribution is -2.32. The molecule has 1 aliphatic rings. The van der Waals surface area contributed by atoms with Crippen molar-refractivity contribution >= 4 is 11.6 Å². The molecular weight excluding hydrogens is 225 g/mol. The van der Waals surface area contributed by atoms with Gasteiger partial charge < -0.3 is 5.32 Å². The van der Waals surface area contributed by atoms with Crippen LogP contribution < -0.4 is 5.32 Å². The molecule has 2 rings (SSSR count). The van der Waals surface area contributed by atoms with Crippen LogP contribution in [0.5, 0.6) is 0 Å². The van der Waals surface area contributed by atoms with Gasteiger partial charge in [0, 0.05) is 17.1 Å². The second kappa shape index (κ2) is 4.72. The van der Waals surface area contributed by atoms with E-state index in [1.165, 1.54) is 18.9 Å². The molecule has 0 spiro atoms. The predicted molar refractivity (Wildman–Crippen MR) is 65.4 cm³/mol. The second-order valence-electron chi connectivity index (χ2n) is 4.68. The van der Waals surface area contributed by atoms with E-state index in [-0.39, 0.29) is 11.7 Å². The quantitative estimate of drug-likeness (QED) is 0.847. The normalized spacial score (nSPS) is 19.5. The fourth-order valence-corrected chi connectivity index (χ4v) is 2.07. The minimum Gasteiger partial charge on any atom is -0.311 e. The Labute approximate surface area is 101 Å². The smallest absolute Gasteiger partial charge is 0.128 e. The molecule has 0 aliphatic heterocycles. The van der Waals surface area contributed by atoms with Crippen molar-refractivity contribution in [2.75, 3.05) is 0 Å². The summed E-state index contributed by atoms with van der Waals surface area (Å²) in [5.41, 5.74) is 0.741. The number of rotatable bonds is 4. The van der Waals surface area contributed by atoms with Crippen molar-refractivity contribution in [3.05, 3.63) is 34.6 Å². The highest BCUT2D eigenvalue weighted by Gasteiger charge is 2.26. The van der Waals surface area contributed by atoms with Crippen LogP contribution in [0.2, 0.25) is 5.02 Å². The summed E-state index contributed by atoms with van der Waals surface area (Å²) in [6, 6.07) is 5.86. The van der Waals surface area contributed by atoms with Crippen LogP contribution in [0.25, 0.3) is 0 Å². The van der Waals surface area contributed by atoms with Gasteiger partial charge in [-0.15, -0.1) is 0 Å². The molecule has 1 fully saturated rings. The average Bonchev–Trinajstić information content (AvgIpc) is 3.00. The van der Waals surface area contributed by atoms with Crippen molar-refractivity contribution in [3.8, 4) is 0 Å². The molecule has 1 aliphatic carbocycles. The number of nitrogens with one attached hydrogen (secondary N) is 1. The summed E-state index contributed by atoms with van der Waals surface area (Å²) in [5, 5.41) is 3.95. The standard InChI is InChI=1S/C13H17ClFN/c1-8(9(2)16-11-4-5-11)12-6-3-10(14)7-13(12)15/h3,6-9,11,16H,4-5H2,1-2H3. The Kier molecular flexibility index (Phi) is 3.50. The molecule has 0 bridgehead atoms. The molecule has 0 heterocycles. The molecular formula is C13H17ClFN. The first-order valence-electron chi connectivity index (χ1n) is 5.79. The van der Waals surface area contributed by atoms with E-state index in [0.29, 0.717) is 17.1 Å². The van der Waals surface area contributed by atoms with E-state index in [1.54, 1.807) is 12.1 Å². The first-order chi connectivity index (χ1) is 7.58. The van der Waals surface area contributed by atoms with E-state index in [4.69, 9.17) is 11.6 Å². The van der Waals surface area contributed by atoms with E-state index in [0.717, 1.165) is 5.56 Å². The van der Waals surface area contributed by atoms with Crippen LogP contribution in [0, 0.1) is 5.82 Å². The van der Waals surface area contributed by atoms with Crippen molar-refractivity contribution in [2.45, 2.75) is 44.7 Å². The van der Waals surface area contributed by atoms with Crippen molar-refractivity contribution < 1.29 is 4.39 Å². The summed E-state index contributed by atoms with van der Waals surface area (Å²) in [6.07, 6.45) is 2.50. The Morgan fingerprint density at radius 2 is 2.06 bits per heavy atom. The first kappa shape index (κ1) is 11.9. The monoisotopic (exact) mass is 241 g/mol. The van der Waals surface area contributed by atoms with E-state index in [2.05, 4.69) is 12.2 Å². The highest BCUT2D eigenvalue weighted by Crippen LogP contribution is 2.27. The minimum absolute atomic E-state index is 0.165. The van der Waals surface area contributed by atoms with E-state index >= 15 is 0 Å². The van der Waals surface area contributed by atoms with Crippen LogP contribution in [-0.2, 0) is 0 Å². The maximum atomic E-state index is 13.7. The molecule has 1 aromatic rings. The predicted octanol–water partition coefficient (Wildman–Crippen LogP) is 3.72. The van der Waals surface area contributed by atoms with Gasteiger partial charge in [0.15, 0.2) is 0 Å². The van der Waals surface area contributed by atoms with Crippen LogP contribution in [0.15, 0.2) is 18.2 Å².